The van der Waals surface area contributed by atoms with Crippen molar-refractivity contribution in [3.63, 3.8) is 0 Å². The topological polar surface area (TPSA) is 30.7 Å². The number of nitrogens with zero attached hydrogens (tertiary/aromatic N) is 3. The Kier molecular flexibility index (Phi) is 4.34. The zero-order chi connectivity index (χ0) is 22.6. The highest BCUT2D eigenvalue weighted by atomic mass is 15.0. The molecule has 0 aliphatic rings. The van der Waals surface area contributed by atoms with Gasteiger partial charge in [-0.2, -0.15) is 0 Å². The lowest BCUT2D eigenvalue weighted by Crippen LogP contribution is -2.16. The SMILES string of the molecule is CC(C)(C)c1nc2ccccc2nc1-c1ccc2c3ccccc3n(-c3ccccc3)c2c1. The Hall–Kier alpha value is -3.98. The first-order chi connectivity index (χ1) is 16.0. The van der Waals surface area contributed by atoms with Crippen molar-refractivity contribution in [2.75, 3.05) is 0 Å². The molecule has 160 valence electrons. The van der Waals surface area contributed by atoms with E-state index in [1.54, 1.807) is 0 Å². The average Bonchev–Trinajstić information content (AvgIpc) is 3.17. The summed E-state index contributed by atoms with van der Waals surface area (Å²) in [5.74, 6) is 0. The molecule has 0 unspecified atom stereocenters. The van der Waals surface area contributed by atoms with Crippen LogP contribution in [0.5, 0.6) is 0 Å². The van der Waals surface area contributed by atoms with Crippen LogP contribution in [0.15, 0.2) is 97.1 Å². The van der Waals surface area contributed by atoms with Crippen LogP contribution in [-0.4, -0.2) is 14.5 Å². The second-order valence-corrected chi connectivity index (χ2v) is 9.58. The third kappa shape index (κ3) is 3.20. The quantitative estimate of drug-likeness (QED) is 0.283. The minimum Gasteiger partial charge on any atom is -0.309 e. The Bertz CT molecular complexity index is 1640. The summed E-state index contributed by atoms with van der Waals surface area (Å²) in [5.41, 5.74) is 8.32. The molecule has 0 amide bonds. The van der Waals surface area contributed by atoms with Gasteiger partial charge in [-0.05, 0) is 36.4 Å². The molecule has 0 N–H and O–H groups in total. The highest BCUT2D eigenvalue weighted by Crippen LogP contribution is 2.37. The van der Waals surface area contributed by atoms with E-state index in [9.17, 15) is 0 Å². The maximum Gasteiger partial charge on any atom is 0.0931 e. The lowest BCUT2D eigenvalue weighted by molar-refractivity contribution is 0.571. The van der Waals surface area contributed by atoms with Gasteiger partial charge in [-0.1, -0.05) is 81.4 Å². The predicted octanol–water partition coefficient (Wildman–Crippen LogP) is 7.69. The van der Waals surface area contributed by atoms with E-state index < -0.39 is 0 Å². The molecule has 0 spiro atoms. The highest BCUT2D eigenvalue weighted by Gasteiger charge is 2.24. The van der Waals surface area contributed by atoms with Gasteiger partial charge in [-0.3, -0.25) is 0 Å². The summed E-state index contributed by atoms with van der Waals surface area (Å²) in [4.78, 5) is 10.2. The van der Waals surface area contributed by atoms with Gasteiger partial charge in [0.2, 0.25) is 0 Å². The van der Waals surface area contributed by atoms with Crippen LogP contribution in [0.4, 0.5) is 0 Å². The van der Waals surface area contributed by atoms with E-state index >= 15 is 0 Å². The molecule has 0 saturated carbocycles. The molecule has 0 atom stereocenters. The van der Waals surface area contributed by atoms with Crippen molar-refractivity contribution in [3.05, 3.63) is 103 Å². The van der Waals surface area contributed by atoms with Gasteiger partial charge in [0.15, 0.2) is 0 Å². The summed E-state index contributed by atoms with van der Waals surface area (Å²) in [6.07, 6.45) is 0. The van der Waals surface area contributed by atoms with Crippen LogP contribution in [0.1, 0.15) is 26.5 Å². The first kappa shape index (κ1) is 19.7. The van der Waals surface area contributed by atoms with E-state index in [0.29, 0.717) is 0 Å². The molecule has 0 bridgehead atoms. The van der Waals surface area contributed by atoms with Gasteiger partial charge in [0.1, 0.15) is 0 Å². The van der Waals surface area contributed by atoms with E-state index in [0.717, 1.165) is 33.7 Å². The first-order valence-corrected chi connectivity index (χ1v) is 11.4. The zero-order valence-corrected chi connectivity index (χ0v) is 19.1. The van der Waals surface area contributed by atoms with Crippen LogP contribution in [0.2, 0.25) is 0 Å². The van der Waals surface area contributed by atoms with Crippen molar-refractivity contribution >= 4 is 32.8 Å². The molecule has 2 aromatic heterocycles. The largest absolute Gasteiger partial charge is 0.309 e. The van der Waals surface area contributed by atoms with Gasteiger partial charge < -0.3 is 4.57 Å². The Morgan fingerprint density at radius 1 is 0.606 bits per heavy atom. The Morgan fingerprint density at radius 3 is 2.00 bits per heavy atom. The van der Waals surface area contributed by atoms with Gasteiger partial charge in [-0.25, -0.2) is 9.97 Å². The molecule has 0 saturated heterocycles. The summed E-state index contributed by atoms with van der Waals surface area (Å²) < 4.78 is 2.35. The maximum absolute atomic E-state index is 5.10. The van der Waals surface area contributed by atoms with Crippen molar-refractivity contribution in [1.29, 1.82) is 0 Å². The second kappa shape index (κ2) is 7.28. The lowest BCUT2D eigenvalue weighted by Gasteiger charge is -2.22. The molecule has 33 heavy (non-hydrogen) atoms. The predicted molar refractivity (Wildman–Crippen MR) is 138 cm³/mol. The fourth-order valence-electron chi connectivity index (χ4n) is 4.70. The Labute approximate surface area is 193 Å². The van der Waals surface area contributed by atoms with Gasteiger partial charge >= 0.3 is 0 Å². The third-order valence-electron chi connectivity index (χ3n) is 6.24. The molecule has 6 rings (SSSR count). The van der Waals surface area contributed by atoms with Crippen LogP contribution in [0.3, 0.4) is 0 Å². The highest BCUT2D eigenvalue weighted by molar-refractivity contribution is 6.10. The van der Waals surface area contributed by atoms with Gasteiger partial charge in [-0.15, -0.1) is 0 Å². The second-order valence-electron chi connectivity index (χ2n) is 9.58. The normalized spacial score (nSPS) is 12.1. The van der Waals surface area contributed by atoms with Crippen molar-refractivity contribution in [2.24, 2.45) is 0 Å². The number of para-hydroxylation sites is 4. The zero-order valence-electron chi connectivity index (χ0n) is 19.1. The number of hydrogen-bond acceptors (Lipinski definition) is 2. The number of hydrogen-bond donors (Lipinski definition) is 0. The molecular weight excluding hydrogens is 402 g/mol. The van der Waals surface area contributed by atoms with Crippen molar-refractivity contribution < 1.29 is 0 Å². The van der Waals surface area contributed by atoms with Gasteiger partial charge in [0.05, 0.1) is 33.5 Å². The number of aromatic nitrogens is 3. The lowest BCUT2D eigenvalue weighted by atomic mass is 9.88. The van der Waals surface area contributed by atoms with Crippen LogP contribution in [-0.2, 0) is 5.41 Å². The smallest absolute Gasteiger partial charge is 0.0931 e. The summed E-state index contributed by atoms with van der Waals surface area (Å²) >= 11 is 0. The molecule has 6 aromatic rings. The molecule has 3 heteroatoms. The molecule has 0 aliphatic heterocycles. The van der Waals surface area contributed by atoms with Crippen molar-refractivity contribution in [1.82, 2.24) is 14.5 Å². The van der Waals surface area contributed by atoms with Crippen LogP contribution in [0.25, 0.3) is 49.8 Å². The average molecular weight is 428 g/mol. The van der Waals surface area contributed by atoms with Crippen LogP contribution < -0.4 is 0 Å². The van der Waals surface area contributed by atoms with E-state index in [-0.39, 0.29) is 5.41 Å². The standard InChI is InChI=1S/C30H25N3/c1-30(2,3)29-28(31-24-14-8-9-15-25(24)32-29)20-17-18-23-22-13-7-10-16-26(22)33(27(23)19-20)21-11-5-4-6-12-21/h4-19H,1-3H3. The maximum atomic E-state index is 5.10. The van der Waals surface area contributed by atoms with E-state index in [1.807, 2.05) is 24.3 Å². The summed E-state index contributed by atoms with van der Waals surface area (Å²) in [6.45, 7) is 6.61. The fourth-order valence-corrected chi connectivity index (χ4v) is 4.70. The summed E-state index contributed by atoms with van der Waals surface area (Å²) in [7, 11) is 0. The molecule has 2 heterocycles. The molecule has 0 aliphatic carbocycles. The van der Waals surface area contributed by atoms with Crippen molar-refractivity contribution in [2.45, 2.75) is 26.2 Å². The minimum atomic E-state index is -0.131. The third-order valence-corrected chi connectivity index (χ3v) is 6.24. The van der Waals surface area contributed by atoms with Crippen LogP contribution >= 0.6 is 0 Å². The first-order valence-electron chi connectivity index (χ1n) is 11.4. The Balaban J connectivity index is 1.69. The summed E-state index contributed by atoms with van der Waals surface area (Å²) in [5, 5.41) is 2.49. The molecule has 0 radical (unpaired) electrons. The van der Waals surface area contributed by atoms with E-state index in [4.69, 9.17) is 9.97 Å². The minimum absolute atomic E-state index is 0.131. The fraction of sp³-hybridized carbons (Fsp3) is 0.133. The number of rotatable bonds is 2. The molecule has 0 fully saturated rings. The monoisotopic (exact) mass is 427 g/mol. The molecule has 4 aromatic carbocycles. The molecular formula is C30H25N3. The van der Waals surface area contributed by atoms with Gasteiger partial charge in [0.25, 0.3) is 0 Å². The van der Waals surface area contributed by atoms with E-state index in [1.165, 1.54) is 21.8 Å². The van der Waals surface area contributed by atoms with E-state index in [2.05, 4.69) is 98.1 Å². The Morgan fingerprint density at radius 2 is 1.24 bits per heavy atom. The molecule has 3 nitrogen and oxygen atoms in total. The van der Waals surface area contributed by atoms with Crippen LogP contribution in [0, 0.1) is 0 Å². The number of benzene rings is 4. The van der Waals surface area contributed by atoms with Crippen molar-refractivity contribution in [3.8, 4) is 16.9 Å². The van der Waals surface area contributed by atoms with Gasteiger partial charge in [0, 0.05) is 27.4 Å². The summed E-state index contributed by atoms with van der Waals surface area (Å²) in [6, 6.07) is 34.0. The number of fused-ring (bicyclic) bond motifs is 4.